The number of aliphatic hydroxyl groups excluding tert-OH is 2. The molecule has 0 aliphatic heterocycles. The molecule has 0 aromatic carbocycles. The molecule has 0 unspecified atom stereocenters. The summed E-state index contributed by atoms with van der Waals surface area (Å²) in [5.41, 5.74) is 0. The molecule has 7 nitrogen and oxygen atoms in total. The second-order valence-electron chi connectivity index (χ2n) is 1.80. The molecule has 0 bridgehead atoms. The van der Waals surface area contributed by atoms with Gasteiger partial charge in [0.05, 0.1) is 13.2 Å². The molecule has 0 fully saturated rings. The van der Waals surface area contributed by atoms with Crippen molar-refractivity contribution in [2.45, 2.75) is 0 Å². The molecule has 0 aliphatic carbocycles. The summed E-state index contributed by atoms with van der Waals surface area (Å²) in [5.74, 6) is 0. The van der Waals surface area contributed by atoms with Crippen molar-refractivity contribution in [3.05, 3.63) is 0 Å². The van der Waals surface area contributed by atoms with Gasteiger partial charge in [0.1, 0.15) is 0 Å². The summed E-state index contributed by atoms with van der Waals surface area (Å²) >= 11 is -5.00. The first-order valence-electron chi connectivity index (χ1n) is 3.23. The van der Waals surface area contributed by atoms with Crippen LogP contribution in [0.5, 0.6) is 0 Å². The van der Waals surface area contributed by atoms with Crippen LogP contribution in [0.2, 0.25) is 0 Å². The SMILES string of the molecule is OCCNCCO.[OH][Ti]([OH])([OH])[OH]. The van der Waals surface area contributed by atoms with Gasteiger partial charge in [0.25, 0.3) is 0 Å². The maximum atomic E-state index is 8.15. The third kappa shape index (κ3) is 47.2. The quantitative estimate of drug-likeness (QED) is 0.192. The zero-order chi connectivity index (χ0) is 10.0. The normalized spacial score (nSPS) is 10.5. The van der Waals surface area contributed by atoms with E-state index in [4.69, 9.17) is 25.0 Å². The molecule has 76 valence electrons. The predicted octanol–water partition coefficient (Wildman–Crippen LogP) is -3.67. The van der Waals surface area contributed by atoms with Gasteiger partial charge in [-0.25, -0.2) is 0 Å². The fraction of sp³-hybridized carbons (Fsp3) is 1.00. The predicted molar refractivity (Wildman–Crippen MR) is 35.9 cm³/mol. The molecule has 0 amide bonds. The van der Waals surface area contributed by atoms with Gasteiger partial charge < -0.3 is 15.5 Å². The fourth-order valence-electron chi connectivity index (χ4n) is 0.283. The zero-order valence-corrected chi connectivity index (χ0v) is 8.07. The van der Waals surface area contributed by atoms with Gasteiger partial charge in [-0.1, -0.05) is 0 Å². The molecule has 0 aromatic rings. The Kier molecular flexibility index (Phi) is 11.8. The van der Waals surface area contributed by atoms with Crippen LogP contribution in [-0.2, 0) is 18.1 Å². The summed E-state index contributed by atoms with van der Waals surface area (Å²) in [4.78, 5) is 0. The van der Waals surface area contributed by atoms with Crippen molar-refractivity contribution in [2.24, 2.45) is 0 Å². The van der Waals surface area contributed by atoms with Crippen molar-refractivity contribution < 1.29 is 43.1 Å². The Hall–Kier alpha value is 0.434. The van der Waals surface area contributed by atoms with Crippen molar-refractivity contribution in [3.8, 4) is 0 Å². The molecule has 0 saturated heterocycles. The number of rotatable bonds is 4. The third-order valence-electron chi connectivity index (χ3n) is 0.577. The van der Waals surface area contributed by atoms with Crippen molar-refractivity contribution in [1.29, 1.82) is 0 Å². The molecule has 0 aromatic heterocycles. The van der Waals surface area contributed by atoms with Crippen LogP contribution in [-0.4, -0.2) is 51.3 Å². The van der Waals surface area contributed by atoms with Gasteiger partial charge in [-0.2, -0.15) is 0 Å². The van der Waals surface area contributed by atoms with Crippen LogP contribution < -0.4 is 5.32 Å². The summed E-state index contributed by atoms with van der Waals surface area (Å²) in [6.45, 7) is 1.42. The van der Waals surface area contributed by atoms with E-state index in [1.807, 2.05) is 0 Å². The van der Waals surface area contributed by atoms with Gasteiger partial charge >= 0.3 is 32.9 Å². The molecule has 12 heavy (non-hydrogen) atoms. The number of hydrogen-bond acceptors (Lipinski definition) is 7. The summed E-state index contributed by atoms with van der Waals surface area (Å²) in [6, 6.07) is 0. The minimum atomic E-state index is -5.00. The van der Waals surface area contributed by atoms with Crippen LogP contribution in [0, 0.1) is 0 Å². The van der Waals surface area contributed by atoms with E-state index in [1.165, 1.54) is 0 Å². The molecule has 0 heterocycles. The molecular formula is C4H15NO6Ti. The van der Waals surface area contributed by atoms with Crippen molar-refractivity contribution in [3.63, 3.8) is 0 Å². The number of aliphatic hydroxyl groups is 2. The van der Waals surface area contributed by atoms with Crippen LogP contribution in [0.15, 0.2) is 0 Å². The summed E-state index contributed by atoms with van der Waals surface area (Å²) in [6.07, 6.45) is 0. The van der Waals surface area contributed by atoms with E-state index in [0.29, 0.717) is 13.1 Å². The van der Waals surface area contributed by atoms with E-state index >= 15 is 0 Å². The van der Waals surface area contributed by atoms with E-state index < -0.39 is 18.1 Å². The molecule has 0 radical (unpaired) electrons. The molecule has 0 spiro atoms. The third-order valence-corrected chi connectivity index (χ3v) is 0.577. The average Bonchev–Trinajstić information content (AvgIpc) is 1.85. The topological polar surface area (TPSA) is 133 Å². The van der Waals surface area contributed by atoms with Crippen LogP contribution in [0.25, 0.3) is 0 Å². The van der Waals surface area contributed by atoms with Gasteiger partial charge in [0.15, 0.2) is 0 Å². The van der Waals surface area contributed by atoms with E-state index in [9.17, 15) is 0 Å². The molecule has 0 atom stereocenters. The van der Waals surface area contributed by atoms with Crippen molar-refractivity contribution in [1.82, 2.24) is 5.32 Å². The average molecular weight is 221 g/mol. The second-order valence-corrected chi connectivity index (χ2v) is 3.67. The Morgan fingerprint density at radius 1 is 0.833 bits per heavy atom. The Balaban J connectivity index is 0. The van der Waals surface area contributed by atoms with E-state index in [0.717, 1.165) is 0 Å². The van der Waals surface area contributed by atoms with E-state index in [-0.39, 0.29) is 13.2 Å². The first-order valence-corrected chi connectivity index (χ1v) is 6.03. The van der Waals surface area contributed by atoms with Crippen LogP contribution in [0.4, 0.5) is 0 Å². The molecule has 8 heteroatoms. The van der Waals surface area contributed by atoms with Gasteiger partial charge in [-0.3, -0.25) is 0 Å². The second kappa shape index (κ2) is 9.52. The molecule has 0 aliphatic rings. The Labute approximate surface area is 75.2 Å². The Morgan fingerprint density at radius 2 is 1.08 bits per heavy atom. The standard InChI is InChI=1S/C4H11NO2.4H2O.Ti/c6-3-1-5-2-4-7;;;;;/h5-7H,1-4H2;4*1H2;/q;;;;;+4/p-4. The van der Waals surface area contributed by atoms with Gasteiger partial charge in [-0.05, 0) is 0 Å². The van der Waals surface area contributed by atoms with E-state index in [2.05, 4.69) is 5.32 Å². The Morgan fingerprint density at radius 3 is 1.25 bits per heavy atom. The van der Waals surface area contributed by atoms with Gasteiger partial charge in [0, 0.05) is 13.1 Å². The summed E-state index contributed by atoms with van der Waals surface area (Å²) in [5, 5.41) is 19.1. The first kappa shape index (κ1) is 14.9. The first-order chi connectivity index (χ1) is 5.41. The van der Waals surface area contributed by atoms with Gasteiger partial charge in [-0.15, -0.1) is 0 Å². The Bertz CT molecular complexity index is 76.1. The number of hydrogen-bond donors (Lipinski definition) is 7. The van der Waals surface area contributed by atoms with Crippen LogP contribution in [0.3, 0.4) is 0 Å². The van der Waals surface area contributed by atoms with Crippen LogP contribution in [0.1, 0.15) is 0 Å². The van der Waals surface area contributed by atoms with Crippen molar-refractivity contribution in [2.75, 3.05) is 26.3 Å². The maximum absolute atomic E-state index is 8.15. The number of nitrogens with one attached hydrogen (secondary N) is 1. The van der Waals surface area contributed by atoms with Gasteiger partial charge in [0.2, 0.25) is 0 Å². The summed E-state index contributed by atoms with van der Waals surface area (Å²) < 4.78 is 29.5. The van der Waals surface area contributed by atoms with Crippen LogP contribution >= 0.6 is 0 Å². The molecular weight excluding hydrogens is 206 g/mol. The van der Waals surface area contributed by atoms with E-state index in [1.54, 1.807) is 0 Å². The van der Waals surface area contributed by atoms with Crippen molar-refractivity contribution >= 4 is 0 Å². The molecule has 0 saturated carbocycles. The molecule has 7 N–H and O–H groups in total. The fourth-order valence-corrected chi connectivity index (χ4v) is 0.283. The zero-order valence-electron chi connectivity index (χ0n) is 6.51. The minimum absolute atomic E-state index is 0.139. The molecule has 0 rings (SSSR count). The summed E-state index contributed by atoms with van der Waals surface area (Å²) in [7, 11) is 0. The monoisotopic (exact) mass is 221 g/mol.